The molecule has 1 aromatic carbocycles. The largest absolute Gasteiger partial charge is 0.340 e. The second-order valence-corrected chi connectivity index (χ2v) is 8.87. The molecule has 152 valence electrons. The van der Waals surface area contributed by atoms with Crippen molar-refractivity contribution in [2.24, 2.45) is 11.8 Å². The molecule has 0 spiro atoms. The number of rotatable bonds is 3. The van der Waals surface area contributed by atoms with Crippen molar-refractivity contribution in [1.82, 2.24) is 19.7 Å². The maximum Gasteiger partial charge on any atom is 0.271 e. The van der Waals surface area contributed by atoms with Crippen molar-refractivity contribution in [2.75, 3.05) is 18.0 Å². The Balaban J connectivity index is 1.67. The van der Waals surface area contributed by atoms with Crippen LogP contribution >= 0.6 is 15.9 Å². The van der Waals surface area contributed by atoms with E-state index in [2.05, 4.69) is 49.7 Å². The van der Waals surface area contributed by atoms with Gasteiger partial charge in [-0.2, -0.15) is 0 Å². The third-order valence-corrected chi connectivity index (χ3v) is 5.77. The number of nitrogens with zero attached hydrogens (tertiary/aromatic N) is 4. The van der Waals surface area contributed by atoms with Gasteiger partial charge in [0.05, 0.1) is 11.4 Å². The molecule has 0 aliphatic carbocycles. The lowest BCUT2D eigenvalue weighted by atomic mass is 9.92. The average Bonchev–Trinajstić information content (AvgIpc) is 3.02. The lowest BCUT2D eigenvalue weighted by Gasteiger charge is -2.35. The molecule has 8 heteroatoms. The van der Waals surface area contributed by atoms with E-state index in [1.807, 2.05) is 6.92 Å². The van der Waals surface area contributed by atoms with E-state index in [-0.39, 0.29) is 11.2 Å². The standard InChI is InChI=1S/C21H23BrFN5O/c1-12-6-13(2)11-27(10-12)21-24-9-16(14(3)25-21)18-8-20(29)28(26-18)19-5-4-15(22)7-17(19)23/h4-5,7-9,12-13,26H,6,10-11H2,1-3H3. The molecule has 1 saturated heterocycles. The van der Waals surface area contributed by atoms with Crippen LogP contribution in [0, 0.1) is 24.6 Å². The van der Waals surface area contributed by atoms with Gasteiger partial charge in [-0.05, 0) is 43.4 Å². The molecule has 2 aromatic heterocycles. The Kier molecular flexibility index (Phi) is 5.29. The van der Waals surface area contributed by atoms with E-state index in [1.54, 1.807) is 18.3 Å². The van der Waals surface area contributed by atoms with Crippen LogP contribution in [0.25, 0.3) is 16.9 Å². The molecule has 0 bridgehead atoms. The van der Waals surface area contributed by atoms with E-state index < -0.39 is 5.82 Å². The minimum Gasteiger partial charge on any atom is -0.340 e. The third-order valence-electron chi connectivity index (χ3n) is 5.28. The Bertz CT molecular complexity index is 1100. The van der Waals surface area contributed by atoms with Crippen molar-refractivity contribution in [3.8, 4) is 16.9 Å². The first-order chi connectivity index (χ1) is 13.8. The van der Waals surface area contributed by atoms with Gasteiger partial charge in [-0.15, -0.1) is 0 Å². The van der Waals surface area contributed by atoms with Crippen LogP contribution in [0.1, 0.15) is 26.0 Å². The summed E-state index contributed by atoms with van der Waals surface area (Å²) in [6.45, 7) is 8.28. The summed E-state index contributed by atoms with van der Waals surface area (Å²) < 4.78 is 16.1. The predicted molar refractivity (Wildman–Crippen MR) is 115 cm³/mol. The zero-order chi connectivity index (χ0) is 20.7. The maximum atomic E-state index is 14.3. The number of benzene rings is 1. The van der Waals surface area contributed by atoms with Crippen molar-refractivity contribution in [3.63, 3.8) is 0 Å². The smallest absolute Gasteiger partial charge is 0.271 e. The molecular weight excluding hydrogens is 437 g/mol. The van der Waals surface area contributed by atoms with Crippen molar-refractivity contribution >= 4 is 21.9 Å². The summed E-state index contributed by atoms with van der Waals surface area (Å²) >= 11 is 3.23. The van der Waals surface area contributed by atoms with Crippen molar-refractivity contribution in [3.05, 3.63) is 56.8 Å². The first-order valence-electron chi connectivity index (χ1n) is 9.68. The molecular formula is C21H23BrFN5O. The van der Waals surface area contributed by atoms with Crippen LogP contribution in [0.2, 0.25) is 0 Å². The van der Waals surface area contributed by atoms with Gasteiger partial charge < -0.3 is 4.90 Å². The summed E-state index contributed by atoms with van der Waals surface area (Å²) in [6, 6.07) is 6.01. The van der Waals surface area contributed by atoms with Gasteiger partial charge in [0, 0.05) is 35.4 Å². The monoisotopic (exact) mass is 459 g/mol. The van der Waals surface area contributed by atoms with E-state index in [4.69, 9.17) is 0 Å². The number of aryl methyl sites for hydroxylation is 1. The number of H-pyrrole nitrogens is 1. The Hall–Kier alpha value is -2.48. The van der Waals surface area contributed by atoms with Gasteiger partial charge in [0.2, 0.25) is 5.95 Å². The summed E-state index contributed by atoms with van der Waals surface area (Å²) in [5.41, 5.74) is 1.87. The van der Waals surface area contributed by atoms with Crippen LogP contribution in [0.4, 0.5) is 10.3 Å². The normalized spacial score (nSPS) is 19.6. The highest BCUT2D eigenvalue weighted by Crippen LogP contribution is 2.26. The summed E-state index contributed by atoms with van der Waals surface area (Å²) in [5, 5.41) is 2.98. The van der Waals surface area contributed by atoms with Gasteiger partial charge in [0.15, 0.2) is 0 Å². The molecule has 0 amide bonds. The van der Waals surface area contributed by atoms with Gasteiger partial charge in [-0.1, -0.05) is 29.8 Å². The minimum atomic E-state index is -0.494. The lowest BCUT2D eigenvalue weighted by Crippen LogP contribution is -2.39. The fourth-order valence-electron chi connectivity index (χ4n) is 4.07. The van der Waals surface area contributed by atoms with Gasteiger partial charge >= 0.3 is 0 Å². The number of aromatic nitrogens is 4. The van der Waals surface area contributed by atoms with Gasteiger partial charge in [-0.25, -0.2) is 19.0 Å². The number of halogens is 2. The van der Waals surface area contributed by atoms with Gasteiger partial charge in [0.1, 0.15) is 11.5 Å². The molecule has 1 N–H and O–H groups in total. The quantitative estimate of drug-likeness (QED) is 0.633. The second kappa shape index (κ2) is 7.74. The molecule has 2 unspecified atom stereocenters. The summed E-state index contributed by atoms with van der Waals surface area (Å²) in [5.74, 6) is 1.43. The number of anilines is 1. The van der Waals surface area contributed by atoms with Crippen LogP contribution < -0.4 is 10.5 Å². The molecule has 4 rings (SSSR count). The zero-order valence-electron chi connectivity index (χ0n) is 16.6. The molecule has 29 heavy (non-hydrogen) atoms. The Labute approximate surface area is 176 Å². The highest BCUT2D eigenvalue weighted by molar-refractivity contribution is 9.10. The molecule has 6 nitrogen and oxygen atoms in total. The number of hydrogen-bond donors (Lipinski definition) is 1. The van der Waals surface area contributed by atoms with E-state index in [9.17, 15) is 9.18 Å². The molecule has 1 aliphatic heterocycles. The summed E-state index contributed by atoms with van der Waals surface area (Å²) in [6.07, 6.45) is 2.95. The van der Waals surface area contributed by atoms with Gasteiger partial charge in [-0.3, -0.25) is 9.89 Å². The summed E-state index contributed by atoms with van der Waals surface area (Å²) in [4.78, 5) is 23.9. The fourth-order valence-corrected chi connectivity index (χ4v) is 4.41. The number of nitrogens with one attached hydrogen (secondary N) is 1. The second-order valence-electron chi connectivity index (χ2n) is 7.96. The Morgan fingerprint density at radius 2 is 1.93 bits per heavy atom. The Morgan fingerprint density at radius 3 is 2.59 bits per heavy atom. The Morgan fingerprint density at radius 1 is 1.21 bits per heavy atom. The topological polar surface area (TPSA) is 66.8 Å². The number of aromatic amines is 1. The predicted octanol–water partition coefficient (Wildman–Crippen LogP) is 4.31. The average molecular weight is 460 g/mol. The van der Waals surface area contributed by atoms with E-state index in [1.165, 1.54) is 23.2 Å². The minimum absolute atomic E-state index is 0.163. The van der Waals surface area contributed by atoms with Crippen LogP contribution in [0.15, 0.2) is 39.7 Å². The third kappa shape index (κ3) is 3.99. The van der Waals surface area contributed by atoms with Crippen LogP contribution in [-0.2, 0) is 0 Å². The van der Waals surface area contributed by atoms with Crippen molar-refractivity contribution in [2.45, 2.75) is 27.2 Å². The highest BCUT2D eigenvalue weighted by atomic mass is 79.9. The van der Waals surface area contributed by atoms with E-state index in [0.29, 0.717) is 28.0 Å². The molecule has 0 saturated carbocycles. The molecule has 0 radical (unpaired) electrons. The molecule has 3 aromatic rings. The maximum absolute atomic E-state index is 14.3. The van der Waals surface area contributed by atoms with Crippen molar-refractivity contribution in [1.29, 1.82) is 0 Å². The van der Waals surface area contributed by atoms with E-state index in [0.717, 1.165) is 24.3 Å². The first kappa shape index (κ1) is 19.8. The first-order valence-corrected chi connectivity index (χ1v) is 10.5. The van der Waals surface area contributed by atoms with Crippen molar-refractivity contribution < 1.29 is 4.39 Å². The fraction of sp³-hybridized carbons (Fsp3) is 0.381. The van der Waals surface area contributed by atoms with E-state index >= 15 is 0 Å². The van der Waals surface area contributed by atoms with Crippen LogP contribution in [0.5, 0.6) is 0 Å². The summed E-state index contributed by atoms with van der Waals surface area (Å²) in [7, 11) is 0. The van der Waals surface area contributed by atoms with Crippen LogP contribution in [-0.4, -0.2) is 32.8 Å². The molecule has 3 heterocycles. The molecule has 1 aliphatic rings. The molecule has 2 atom stereocenters. The molecule has 1 fully saturated rings. The highest BCUT2D eigenvalue weighted by Gasteiger charge is 2.24. The van der Waals surface area contributed by atoms with Crippen LogP contribution in [0.3, 0.4) is 0 Å². The number of piperidine rings is 1. The lowest BCUT2D eigenvalue weighted by molar-refractivity contribution is 0.353. The SMILES string of the molecule is Cc1nc(N2CC(C)CC(C)C2)ncc1-c1cc(=O)n(-c2ccc(Br)cc2F)[nH]1. The number of hydrogen-bond acceptors (Lipinski definition) is 4. The zero-order valence-corrected chi connectivity index (χ0v) is 18.2. The van der Waals surface area contributed by atoms with Gasteiger partial charge in [0.25, 0.3) is 5.56 Å².